The van der Waals surface area contributed by atoms with E-state index < -0.39 is 17.6 Å². The number of halogens is 3. The third-order valence-electron chi connectivity index (χ3n) is 4.70. The second-order valence-electron chi connectivity index (χ2n) is 6.98. The third kappa shape index (κ3) is 5.62. The molecule has 2 aromatic rings. The van der Waals surface area contributed by atoms with Gasteiger partial charge in [-0.05, 0) is 55.3 Å². The lowest BCUT2D eigenvalue weighted by Crippen LogP contribution is -2.36. The number of rotatable bonds is 5. The number of anilines is 1. The molecule has 0 aromatic heterocycles. The van der Waals surface area contributed by atoms with Crippen molar-refractivity contribution in [3.63, 3.8) is 0 Å². The van der Waals surface area contributed by atoms with Crippen LogP contribution in [-0.4, -0.2) is 36.4 Å². The van der Waals surface area contributed by atoms with Crippen LogP contribution in [0.25, 0.3) is 0 Å². The van der Waals surface area contributed by atoms with Crippen molar-refractivity contribution >= 4 is 17.5 Å². The molecule has 0 bridgehead atoms. The second-order valence-corrected chi connectivity index (χ2v) is 6.98. The highest BCUT2D eigenvalue weighted by atomic mass is 19.4. The van der Waals surface area contributed by atoms with Crippen molar-refractivity contribution in [2.45, 2.75) is 19.0 Å². The van der Waals surface area contributed by atoms with Crippen molar-refractivity contribution in [3.8, 4) is 5.75 Å². The molecule has 0 unspecified atom stereocenters. The Balaban J connectivity index is 1.52. The topological polar surface area (TPSA) is 58.6 Å². The van der Waals surface area contributed by atoms with Gasteiger partial charge in [0.1, 0.15) is 5.75 Å². The Hall–Kier alpha value is -3.29. The Morgan fingerprint density at radius 2 is 1.73 bits per heavy atom. The number of benzene rings is 2. The first-order valence-electron chi connectivity index (χ1n) is 9.38. The van der Waals surface area contributed by atoms with Crippen LogP contribution in [0.4, 0.5) is 18.9 Å². The standard InChI is InChI=1S/C22H21F3N2O3/c1-15-9-11-27(12-10-15)21(29)16-5-7-19(8-6-16)30-14-20(28)26-18-4-2-3-17(13-18)22(23,24)25/h2-8,13H,1,9-12,14H2,(H,26,28). The molecule has 0 aliphatic carbocycles. The van der Waals surface area contributed by atoms with Crippen molar-refractivity contribution < 1.29 is 27.5 Å². The van der Waals surface area contributed by atoms with Crippen LogP contribution < -0.4 is 10.1 Å². The quantitative estimate of drug-likeness (QED) is 0.727. The molecule has 5 nitrogen and oxygen atoms in total. The number of carbonyl (C=O) groups excluding carboxylic acids is 2. The van der Waals surface area contributed by atoms with Crippen molar-refractivity contribution in [2.75, 3.05) is 25.0 Å². The SMILES string of the molecule is C=C1CCN(C(=O)c2ccc(OCC(=O)Nc3cccc(C(F)(F)F)c3)cc2)CC1. The molecular formula is C22H21F3N2O3. The predicted molar refractivity (Wildman–Crippen MR) is 106 cm³/mol. The van der Waals surface area contributed by atoms with Gasteiger partial charge in [0.25, 0.3) is 11.8 Å². The summed E-state index contributed by atoms with van der Waals surface area (Å²) in [7, 11) is 0. The van der Waals surface area contributed by atoms with Gasteiger partial charge >= 0.3 is 6.18 Å². The number of likely N-dealkylation sites (tertiary alicyclic amines) is 1. The smallest absolute Gasteiger partial charge is 0.416 e. The number of nitrogens with one attached hydrogen (secondary N) is 1. The first-order valence-corrected chi connectivity index (χ1v) is 9.38. The normalized spacial score (nSPS) is 14.4. The van der Waals surface area contributed by atoms with Crippen LogP contribution in [0, 0.1) is 0 Å². The first kappa shape index (κ1) is 21.4. The Morgan fingerprint density at radius 3 is 2.37 bits per heavy atom. The molecule has 0 spiro atoms. The van der Waals surface area contributed by atoms with Crippen molar-refractivity contribution in [1.82, 2.24) is 4.90 Å². The molecule has 8 heteroatoms. The van der Waals surface area contributed by atoms with E-state index in [9.17, 15) is 22.8 Å². The molecule has 1 saturated heterocycles. The number of piperidine rings is 1. The number of hydrogen-bond donors (Lipinski definition) is 1. The highest BCUT2D eigenvalue weighted by molar-refractivity contribution is 5.94. The molecule has 30 heavy (non-hydrogen) atoms. The molecule has 1 aliphatic heterocycles. The molecule has 158 valence electrons. The minimum atomic E-state index is -4.49. The van der Waals surface area contributed by atoms with Gasteiger partial charge in [0, 0.05) is 24.3 Å². The van der Waals surface area contributed by atoms with Gasteiger partial charge in [-0.3, -0.25) is 9.59 Å². The van der Waals surface area contributed by atoms with E-state index in [1.807, 2.05) is 0 Å². The zero-order valence-electron chi connectivity index (χ0n) is 16.2. The lowest BCUT2D eigenvalue weighted by molar-refractivity contribution is -0.137. The molecule has 1 aliphatic rings. The van der Waals surface area contributed by atoms with Gasteiger partial charge in [-0.2, -0.15) is 13.2 Å². The van der Waals surface area contributed by atoms with Crippen LogP contribution in [0.3, 0.4) is 0 Å². The van der Waals surface area contributed by atoms with Crippen molar-refractivity contribution in [1.29, 1.82) is 0 Å². The average Bonchev–Trinajstić information content (AvgIpc) is 2.72. The molecule has 0 radical (unpaired) electrons. The Bertz CT molecular complexity index is 929. The van der Waals surface area contributed by atoms with Gasteiger partial charge in [0.05, 0.1) is 5.56 Å². The van der Waals surface area contributed by atoms with Gasteiger partial charge < -0.3 is 15.0 Å². The molecule has 0 atom stereocenters. The summed E-state index contributed by atoms with van der Waals surface area (Å²) in [5.74, 6) is -0.294. The summed E-state index contributed by atoms with van der Waals surface area (Å²) in [5, 5.41) is 2.37. The first-order chi connectivity index (χ1) is 14.2. The fourth-order valence-corrected chi connectivity index (χ4v) is 3.02. The van der Waals surface area contributed by atoms with E-state index >= 15 is 0 Å². The van der Waals surface area contributed by atoms with Gasteiger partial charge in [-0.25, -0.2) is 0 Å². The molecule has 2 amide bonds. The number of carbonyl (C=O) groups is 2. The minimum absolute atomic E-state index is 0.0311. The lowest BCUT2D eigenvalue weighted by Gasteiger charge is -2.28. The Morgan fingerprint density at radius 1 is 1.07 bits per heavy atom. The highest BCUT2D eigenvalue weighted by Crippen LogP contribution is 2.30. The third-order valence-corrected chi connectivity index (χ3v) is 4.70. The van der Waals surface area contributed by atoms with E-state index in [1.165, 1.54) is 12.1 Å². The monoisotopic (exact) mass is 418 g/mol. The highest BCUT2D eigenvalue weighted by Gasteiger charge is 2.30. The van der Waals surface area contributed by atoms with E-state index in [0.717, 1.165) is 30.5 Å². The summed E-state index contributed by atoms with van der Waals surface area (Å²) in [6.45, 7) is 4.84. The van der Waals surface area contributed by atoms with Gasteiger partial charge in [0.2, 0.25) is 0 Å². The second kappa shape index (κ2) is 9.02. The van der Waals surface area contributed by atoms with E-state index in [0.29, 0.717) is 24.4 Å². The van der Waals surface area contributed by atoms with Gasteiger partial charge in [-0.1, -0.05) is 18.2 Å². The summed E-state index contributed by atoms with van der Waals surface area (Å²) in [5.41, 5.74) is 0.845. The largest absolute Gasteiger partial charge is 0.484 e. The van der Waals surface area contributed by atoms with Crippen LogP contribution in [0.1, 0.15) is 28.8 Å². The zero-order valence-corrected chi connectivity index (χ0v) is 16.2. The lowest BCUT2D eigenvalue weighted by atomic mass is 10.0. The number of amides is 2. The summed E-state index contributed by atoms with van der Waals surface area (Å²) in [4.78, 5) is 26.2. The molecular weight excluding hydrogens is 397 g/mol. The van der Waals surface area contributed by atoms with Crippen LogP contribution in [0.5, 0.6) is 5.75 Å². The molecule has 0 saturated carbocycles. The minimum Gasteiger partial charge on any atom is -0.484 e. The number of nitrogens with zero attached hydrogens (tertiary/aromatic N) is 1. The number of hydrogen-bond acceptors (Lipinski definition) is 3. The maximum Gasteiger partial charge on any atom is 0.416 e. The summed E-state index contributed by atoms with van der Waals surface area (Å²) in [6, 6.07) is 10.7. The maximum atomic E-state index is 12.7. The van der Waals surface area contributed by atoms with Crippen LogP contribution >= 0.6 is 0 Å². The fourth-order valence-electron chi connectivity index (χ4n) is 3.02. The van der Waals surface area contributed by atoms with Gasteiger partial charge in [0.15, 0.2) is 6.61 Å². The maximum absolute atomic E-state index is 12.7. The van der Waals surface area contributed by atoms with Crippen LogP contribution in [0.15, 0.2) is 60.7 Å². The van der Waals surface area contributed by atoms with Crippen molar-refractivity contribution in [2.24, 2.45) is 0 Å². The Labute approximate surface area is 172 Å². The van der Waals surface area contributed by atoms with E-state index in [1.54, 1.807) is 29.2 Å². The van der Waals surface area contributed by atoms with E-state index in [2.05, 4.69) is 11.9 Å². The average molecular weight is 418 g/mol. The predicted octanol–water partition coefficient (Wildman–Crippen LogP) is 4.52. The molecule has 1 heterocycles. The summed E-state index contributed by atoms with van der Waals surface area (Å²) in [6.07, 6.45) is -2.89. The van der Waals surface area contributed by atoms with Crippen LogP contribution in [-0.2, 0) is 11.0 Å². The molecule has 3 rings (SSSR count). The van der Waals surface area contributed by atoms with E-state index in [-0.39, 0.29) is 18.2 Å². The summed E-state index contributed by atoms with van der Waals surface area (Å²) >= 11 is 0. The number of alkyl halides is 3. The van der Waals surface area contributed by atoms with E-state index in [4.69, 9.17) is 4.74 Å². The van der Waals surface area contributed by atoms with Gasteiger partial charge in [-0.15, -0.1) is 0 Å². The molecule has 1 N–H and O–H groups in total. The fraction of sp³-hybridized carbons (Fsp3) is 0.273. The number of ether oxygens (including phenoxy) is 1. The summed E-state index contributed by atoms with van der Waals surface area (Å²) < 4.78 is 43.6. The molecule has 2 aromatic carbocycles. The molecule has 1 fully saturated rings. The van der Waals surface area contributed by atoms with Crippen molar-refractivity contribution in [3.05, 3.63) is 71.8 Å². The van der Waals surface area contributed by atoms with Crippen LogP contribution in [0.2, 0.25) is 0 Å². The zero-order chi connectivity index (χ0) is 21.7. The Kier molecular flexibility index (Phi) is 6.44.